The first-order valence-electron chi connectivity index (χ1n) is 7.30. The van der Waals surface area contributed by atoms with Gasteiger partial charge in [0.05, 0.1) is 43.7 Å². The zero-order valence-electron chi connectivity index (χ0n) is 13.7. The molecule has 2 rings (SSSR count). The quantitative estimate of drug-likeness (QED) is 0.715. The Morgan fingerprint density at radius 2 is 1.96 bits per heavy atom. The van der Waals surface area contributed by atoms with Crippen molar-refractivity contribution in [1.29, 1.82) is 0 Å². The van der Waals surface area contributed by atoms with Crippen LogP contribution in [0.3, 0.4) is 0 Å². The van der Waals surface area contributed by atoms with Crippen molar-refractivity contribution in [2.24, 2.45) is 0 Å². The van der Waals surface area contributed by atoms with Gasteiger partial charge in [0.15, 0.2) is 0 Å². The maximum atomic E-state index is 12.5. The number of amides is 1. The Morgan fingerprint density at radius 1 is 1.28 bits per heavy atom. The number of aliphatic hydroxyl groups is 1. The molecular formula is C16H17ClN2O6. The van der Waals surface area contributed by atoms with Crippen LogP contribution in [-0.4, -0.2) is 61.8 Å². The van der Waals surface area contributed by atoms with Crippen molar-refractivity contribution in [1.82, 2.24) is 4.90 Å². The Bertz CT molecular complexity index is 746. The van der Waals surface area contributed by atoms with Crippen LogP contribution in [0.25, 0.3) is 0 Å². The molecule has 2 N–H and O–H groups in total. The minimum absolute atomic E-state index is 0.0114. The molecule has 0 bridgehead atoms. The van der Waals surface area contributed by atoms with Gasteiger partial charge in [-0.25, -0.2) is 9.59 Å². The number of carbonyl (C=O) groups is 3. The lowest BCUT2D eigenvalue weighted by Crippen LogP contribution is -2.31. The zero-order valence-corrected chi connectivity index (χ0v) is 14.4. The molecule has 0 radical (unpaired) electrons. The molecule has 0 atom stereocenters. The Hall–Kier alpha value is -2.58. The minimum Gasteiger partial charge on any atom is -0.466 e. The molecule has 1 aromatic carbocycles. The fourth-order valence-electron chi connectivity index (χ4n) is 2.42. The van der Waals surface area contributed by atoms with Gasteiger partial charge >= 0.3 is 11.9 Å². The van der Waals surface area contributed by atoms with Crippen molar-refractivity contribution < 1.29 is 29.0 Å². The van der Waals surface area contributed by atoms with Crippen LogP contribution in [0.2, 0.25) is 5.02 Å². The third kappa shape index (κ3) is 3.75. The predicted octanol–water partition coefficient (Wildman–Crippen LogP) is 0.800. The van der Waals surface area contributed by atoms with Crippen molar-refractivity contribution in [2.75, 3.05) is 39.2 Å². The lowest BCUT2D eigenvalue weighted by Gasteiger charge is -2.16. The summed E-state index contributed by atoms with van der Waals surface area (Å²) >= 11 is 6.05. The van der Waals surface area contributed by atoms with Crippen molar-refractivity contribution in [3.8, 4) is 0 Å². The van der Waals surface area contributed by atoms with Crippen LogP contribution in [0, 0.1) is 0 Å². The van der Waals surface area contributed by atoms with E-state index in [0.29, 0.717) is 0 Å². The Kier molecular flexibility index (Phi) is 6.00. The van der Waals surface area contributed by atoms with Gasteiger partial charge in [0.1, 0.15) is 11.3 Å². The summed E-state index contributed by atoms with van der Waals surface area (Å²) in [5, 5.41) is 12.0. The smallest absolute Gasteiger partial charge is 0.341 e. The number of aliphatic hydroxyl groups excluding tert-OH is 1. The molecule has 0 unspecified atom stereocenters. The normalized spacial score (nSPS) is 13.9. The maximum absolute atomic E-state index is 12.5. The topological polar surface area (TPSA) is 105 Å². The van der Waals surface area contributed by atoms with Crippen LogP contribution in [0.4, 0.5) is 5.69 Å². The second kappa shape index (κ2) is 8.00. The van der Waals surface area contributed by atoms with E-state index in [1.54, 1.807) is 6.07 Å². The largest absolute Gasteiger partial charge is 0.466 e. The van der Waals surface area contributed by atoms with Crippen LogP contribution in [0.15, 0.2) is 29.5 Å². The maximum Gasteiger partial charge on any atom is 0.341 e. The van der Waals surface area contributed by atoms with E-state index in [2.05, 4.69) is 5.32 Å². The van der Waals surface area contributed by atoms with E-state index in [0.717, 1.165) is 0 Å². The van der Waals surface area contributed by atoms with Gasteiger partial charge in [-0.05, 0) is 12.1 Å². The summed E-state index contributed by atoms with van der Waals surface area (Å²) in [6.45, 7) is -0.204. The monoisotopic (exact) mass is 368 g/mol. The molecule has 0 aromatic heterocycles. The molecule has 1 amide bonds. The highest BCUT2D eigenvalue weighted by Gasteiger charge is 2.35. The Labute approximate surface area is 149 Å². The summed E-state index contributed by atoms with van der Waals surface area (Å²) in [6.07, 6.45) is 0. The number of nitrogens with one attached hydrogen (secondary N) is 1. The molecule has 1 heterocycles. The van der Waals surface area contributed by atoms with Crippen molar-refractivity contribution in [3.63, 3.8) is 0 Å². The number of rotatable bonds is 6. The highest BCUT2D eigenvalue weighted by molar-refractivity contribution is 6.34. The van der Waals surface area contributed by atoms with Gasteiger partial charge in [-0.3, -0.25) is 4.79 Å². The van der Waals surface area contributed by atoms with Gasteiger partial charge in [-0.1, -0.05) is 17.7 Å². The van der Waals surface area contributed by atoms with E-state index in [4.69, 9.17) is 26.2 Å². The molecule has 1 aromatic rings. The van der Waals surface area contributed by atoms with Crippen molar-refractivity contribution in [2.45, 2.75) is 0 Å². The number of carbonyl (C=O) groups excluding carboxylic acids is 3. The Morgan fingerprint density at radius 3 is 2.56 bits per heavy atom. The molecule has 25 heavy (non-hydrogen) atoms. The number of hydrogen-bond acceptors (Lipinski definition) is 7. The molecule has 1 aliphatic rings. The van der Waals surface area contributed by atoms with Gasteiger partial charge in [0, 0.05) is 6.54 Å². The second-order valence-electron chi connectivity index (χ2n) is 5.07. The molecular weight excluding hydrogens is 352 g/mol. The number of benzene rings is 1. The van der Waals surface area contributed by atoms with Crippen LogP contribution in [0.1, 0.15) is 10.4 Å². The number of nitrogens with zero attached hydrogens (tertiary/aromatic N) is 1. The number of halogens is 1. The lowest BCUT2D eigenvalue weighted by molar-refractivity contribution is -0.136. The van der Waals surface area contributed by atoms with E-state index in [-0.39, 0.29) is 47.2 Å². The summed E-state index contributed by atoms with van der Waals surface area (Å²) < 4.78 is 9.41. The summed E-state index contributed by atoms with van der Waals surface area (Å²) in [7, 11) is 2.41. The fraction of sp³-hybridized carbons (Fsp3) is 0.312. The molecule has 134 valence electrons. The van der Waals surface area contributed by atoms with Gasteiger partial charge < -0.3 is 24.8 Å². The number of methoxy groups -OCH3 is 2. The first-order chi connectivity index (χ1) is 11.9. The number of anilines is 1. The van der Waals surface area contributed by atoms with E-state index in [9.17, 15) is 14.4 Å². The molecule has 0 saturated carbocycles. The molecule has 1 aliphatic heterocycles. The molecule has 8 nitrogen and oxygen atoms in total. The Balaban J connectivity index is 2.46. The average Bonchev–Trinajstić information content (AvgIpc) is 2.90. The van der Waals surface area contributed by atoms with Crippen LogP contribution >= 0.6 is 11.6 Å². The lowest BCUT2D eigenvalue weighted by atomic mass is 10.1. The first kappa shape index (κ1) is 18.8. The molecule has 0 aliphatic carbocycles. The number of β-amino-alcohol motifs (C(OH)–C–C–N with tert-alkyl or cyclic N) is 1. The zero-order chi connectivity index (χ0) is 18.6. The number of ether oxygens (including phenoxy) is 2. The van der Waals surface area contributed by atoms with Crippen molar-refractivity contribution >= 4 is 35.1 Å². The predicted molar refractivity (Wildman–Crippen MR) is 89.1 cm³/mol. The standard InChI is InChI=1S/C16H17ClN2O6/c1-24-15(22)9-8-19(6-7-20)14(21)13(9)18-11-5-3-4-10(17)12(11)16(23)25-2/h3-5,18,20H,6-8H2,1-2H3. The van der Waals surface area contributed by atoms with Gasteiger partial charge in [-0.15, -0.1) is 0 Å². The fourth-order valence-corrected chi connectivity index (χ4v) is 2.67. The third-order valence-electron chi connectivity index (χ3n) is 3.62. The second-order valence-corrected chi connectivity index (χ2v) is 5.48. The van der Waals surface area contributed by atoms with E-state index in [1.807, 2.05) is 0 Å². The third-order valence-corrected chi connectivity index (χ3v) is 3.93. The van der Waals surface area contributed by atoms with E-state index < -0.39 is 17.8 Å². The SMILES string of the molecule is COC(=O)C1=C(Nc2cccc(Cl)c2C(=O)OC)C(=O)N(CCO)C1. The molecule has 0 spiro atoms. The summed E-state index contributed by atoms with van der Waals surface area (Å²) in [5.41, 5.74) is 0.316. The van der Waals surface area contributed by atoms with E-state index >= 15 is 0 Å². The van der Waals surface area contributed by atoms with Crippen molar-refractivity contribution in [3.05, 3.63) is 40.1 Å². The van der Waals surface area contributed by atoms with Gasteiger partial charge in [0.2, 0.25) is 0 Å². The first-order valence-corrected chi connectivity index (χ1v) is 7.67. The number of esters is 2. The molecule has 9 heteroatoms. The molecule has 0 fully saturated rings. The van der Waals surface area contributed by atoms with Crippen LogP contribution in [0.5, 0.6) is 0 Å². The summed E-state index contributed by atoms with van der Waals surface area (Å²) in [6, 6.07) is 4.62. The van der Waals surface area contributed by atoms with Crippen LogP contribution in [-0.2, 0) is 19.1 Å². The molecule has 0 saturated heterocycles. The van der Waals surface area contributed by atoms with Gasteiger partial charge in [-0.2, -0.15) is 0 Å². The number of hydrogen-bond donors (Lipinski definition) is 2. The average molecular weight is 369 g/mol. The summed E-state index contributed by atoms with van der Waals surface area (Å²) in [4.78, 5) is 37.7. The van der Waals surface area contributed by atoms with E-state index in [1.165, 1.54) is 31.3 Å². The minimum atomic E-state index is -0.689. The highest BCUT2D eigenvalue weighted by Crippen LogP contribution is 2.29. The van der Waals surface area contributed by atoms with Crippen LogP contribution < -0.4 is 5.32 Å². The highest BCUT2D eigenvalue weighted by atomic mass is 35.5. The summed E-state index contributed by atoms with van der Waals surface area (Å²) in [5.74, 6) is -1.87. The van der Waals surface area contributed by atoms with Gasteiger partial charge in [0.25, 0.3) is 5.91 Å².